The van der Waals surface area contributed by atoms with Gasteiger partial charge in [0.15, 0.2) is 0 Å². The average Bonchev–Trinajstić information content (AvgIpc) is 2.70. The molecular formula is C11H15N3. The molecule has 2 rings (SSSR count). The summed E-state index contributed by atoms with van der Waals surface area (Å²) in [6, 6.07) is 7.62. The average molecular weight is 192 g/mol. The second kappa shape index (κ2) is 4.24. The number of aryl methyl sites for hydroxylation is 1. The highest BCUT2D eigenvalue weighted by atomic mass is 14.9. The molecule has 0 saturated heterocycles. The van der Waals surface area contributed by atoms with E-state index in [9.17, 15) is 0 Å². The lowest BCUT2D eigenvalue weighted by Gasteiger charge is -1.95. The van der Waals surface area contributed by atoms with Crippen LogP contribution in [0, 0.1) is 0 Å². The number of H-pyrrole nitrogens is 1. The monoisotopic (exact) mass is 192 g/mol. The van der Waals surface area contributed by atoms with Gasteiger partial charge in [0, 0.05) is 10.5 Å². The van der Waals surface area contributed by atoms with E-state index in [2.05, 4.69) is 15.3 Å². The van der Waals surface area contributed by atoms with Crippen molar-refractivity contribution in [3.8, 4) is 0 Å². The smallest absolute Gasteiger partial charge is 0.107 e. The van der Waals surface area contributed by atoms with Gasteiger partial charge < -0.3 is 10.3 Å². The lowest BCUT2D eigenvalue weighted by atomic mass is 10.3. The zero-order valence-electron chi connectivity index (χ0n) is 11.0. The minimum atomic E-state index is -1.71. The van der Waals surface area contributed by atoms with Crippen molar-refractivity contribution >= 4 is 11.0 Å². The van der Waals surface area contributed by atoms with Gasteiger partial charge in [-0.25, -0.2) is 4.98 Å². The van der Waals surface area contributed by atoms with Crippen LogP contribution in [0.3, 0.4) is 0 Å². The van der Waals surface area contributed by atoms with E-state index in [1.807, 2.05) is 24.3 Å². The molecule has 3 heteroatoms. The predicted molar refractivity (Wildman–Crippen MR) is 58.3 cm³/mol. The number of para-hydroxylation sites is 2. The van der Waals surface area contributed by atoms with Crippen LogP contribution in [-0.2, 0) is 6.42 Å². The number of aromatic amines is 1. The van der Waals surface area contributed by atoms with Gasteiger partial charge in [0.05, 0.1) is 11.0 Å². The van der Waals surface area contributed by atoms with Gasteiger partial charge in [-0.05, 0) is 32.1 Å². The summed E-state index contributed by atoms with van der Waals surface area (Å²) in [6.45, 7) is -1.71. The number of aromatic nitrogens is 2. The Bertz CT molecular complexity index is 476. The number of imidazole rings is 1. The Morgan fingerprint density at radius 1 is 1.50 bits per heavy atom. The second-order valence-electron chi connectivity index (χ2n) is 3.00. The van der Waals surface area contributed by atoms with Crippen LogP contribution in [0.15, 0.2) is 24.3 Å². The molecule has 0 spiro atoms. The Hall–Kier alpha value is -1.35. The van der Waals surface area contributed by atoms with Gasteiger partial charge in [-0.3, -0.25) is 0 Å². The van der Waals surface area contributed by atoms with Gasteiger partial charge in [0.2, 0.25) is 0 Å². The highest BCUT2D eigenvalue weighted by Gasteiger charge is 2.00. The molecule has 0 fully saturated rings. The molecule has 14 heavy (non-hydrogen) atoms. The number of hydrogen-bond acceptors (Lipinski definition) is 2. The van der Waals surface area contributed by atoms with Crippen molar-refractivity contribution in [1.29, 1.82) is 0 Å². The first-order valence-electron chi connectivity index (χ1n) is 6.15. The van der Waals surface area contributed by atoms with E-state index < -0.39 is 12.9 Å². The predicted octanol–water partition coefficient (Wildman–Crippen LogP) is 1.71. The van der Waals surface area contributed by atoms with Crippen molar-refractivity contribution in [1.82, 2.24) is 15.3 Å². The maximum absolute atomic E-state index is 7.79. The maximum Gasteiger partial charge on any atom is 0.107 e. The third-order valence-corrected chi connectivity index (χ3v) is 1.98. The third-order valence-electron chi connectivity index (χ3n) is 1.98. The van der Waals surface area contributed by atoms with Gasteiger partial charge in [0.1, 0.15) is 5.82 Å². The molecule has 0 aliphatic rings. The number of nitrogens with one attached hydrogen (secondary N) is 2. The molecule has 2 N–H and O–H groups in total. The number of nitrogens with zero attached hydrogens (tertiary/aromatic N) is 1. The van der Waals surface area contributed by atoms with Gasteiger partial charge in [-0.2, -0.15) is 0 Å². The van der Waals surface area contributed by atoms with Crippen LogP contribution in [0.2, 0.25) is 0 Å². The number of benzene rings is 1. The van der Waals surface area contributed by atoms with E-state index in [1.54, 1.807) is 0 Å². The zero-order chi connectivity index (χ0) is 12.5. The van der Waals surface area contributed by atoms with Gasteiger partial charge in [0.25, 0.3) is 0 Å². The van der Waals surface area contributed by atoms with Crippen molar-refractivity contribution in [3.05, 3.63) is 30.1 Å². The normalized spacial score (nSPS) is 17.4. The number of rotatable bonds is 4. The van der Waals surface area contributed by atoms with E-state index in [0.717, 1.165) is 11.0 Å². The molecule has 74 valence electrons. The fourth-order valence-corrected chi connectivity index (χ4v) is 1.35. The van der Waals surface area contributed by atoms with Crippen molar-refractivity contribution in [2.24, 2.45) is 0 Å². The first kappa shape index (κ1) is 6.19. The Morgan fingerprint density at radius 2 is 2.36 bits per heavy atom. The molecule has 1 heterocycles. The van der Waals surface area contributed by atoms with Gasteiger partial charge in [-0.1, -0.05) is 12.1 Å². The van der Waals surface area contributed by atoms with Crippen LogP contribution in [0.4, 0.5) is 0 Å². The molecule has 1 unspecified atom stereocenters. The van der Waals surface area contributed by atoms with E-state index in [4.69, 9.17) is 4.11 Å². The Balaban J connectivity index is 2.18. The molecule has 1 aromatic heterocycles. The molecule has 1 aromatic carbocycles. The summed E-state index contributed by atoms with van der Waals surface area (Å²) < 4.78 is 23.0. The van der Waals surface area contributed by atoms with Crippen molar-refractivity contribution < 1.29 is 4.11 Å². The van der Waals surface area contributed by atoms with Gasteiger partial charge in [-0.15, -0.1) is 0 Å². The SMILES string of the molecule is [2H]C(Cc1nc2ccccc2[nH]1)C([2H])([2H])NC. The quantitative estimate of drug-likeness (QED) is 0.774. The van der Waals surface area contributed by atoms with Crippen LogP contribution >= 0.6 is 0 Å². The van der Waals surface area contributed by atoms with E-state index in [-0.39, 0.29) is 6.42 Å². The molecule has 2 aromatic rings. The summed E-state index contributed by atoms with van der Waals surface area (Å²) >= 11 is 0. The van der Waals surface area contributed by atoms with Crippen LogP contribution in [0.1, 0.15) is 16.3 Å². The van der Waals surface area contributed by atoms with Gasteiger partial charge >= 0.3 is 0 Å². The van der Waals surface area contributed by atoms with E-state index in [0.29, 0.717) is 5.82 Å². The largest absolute Gasteiger partial charge is 0.342 e. The van der Waals surface area contributed by atoms with Crippen LogP contribution < -0.4 is 5.32 Å². The first-order chi connectivity index (χ1) is 8.03. The summed E-state index contributed by atoms with van der Waals surface area (Å²) in [7, 11) is 1.51. The van der Waals surface area contributed by atoms with Crippen molar-refractivity contribution in [2.45, 2.75) is 12.8 Å². The molecule has 0 aliphatic heterocycles. The molecule has 0 aliphatic carbocycles. The van der Waals surface area contributed by atoms with Crippen LogP contribution in [-0.4, -0.2) is 23.5 Å². The molecule has 0 saturated carbocycles. The summed E-state index contributed by atoms with van der Waals surface area (Å²) in [4.78, 5) is 7.43. The number of fused-ring (bicyclic) bond motifs is 1. The third kappa shape index (κ3) is 1.93. The fraction of sp³-hybridized carbons (Fsp3) is 0.364. The highest BCUT2D eigenvalue weighted by molar-refractivity contribution is 5.74. The van der Waals surface area contributed by atoms with E-state index in [1.165, 1.54) is 7.05 Å². The lowest BCUT2D eigenvalue weighted by Crippen LogP contribution is -2.08. The lowest BCUT2D eigenvalue weighted by molar-refractivity contribution is 0.709. The summed E-state index contributed by atoms with van der Waals surface area (Å²) in [5.41, 5.74) is 1.76. The summed E-state index contributed by atoms with van der Waals surface area (Å²) in [5.74, 6) is 0.644. The summed E-state index contributed by atoms with van der Waals surface area (Å²) in [5, 5.41) is 2.50. The van der Waals surface area contributed by atoms with Crippen molar-refractivity contribution in [3.63, 3.8) is 0 Å². The topological polar surface area (TPSA) is 40.7 Å². The van der Waals surface area contributed by atoms with Crippen molar-refractivity contribution in [2.75, 3.05) is 13.5 Å². The Morgan fingerprint density at radius 3 is 3.14 bits per heavy atom. The standard InChI is InChI=1S/C11H15N3/c1-12-8-4-7-11-13-9-5-2-3-6-10(9)14-11/h2-3,5-6,12H,4,7-8H2,1H3,(H,13,14)/i4D,8D2. The Labute approximate surface area is 87.8 Å². The molecule has 3 nitrogen and oxygen atoms in total. The maximum atomic E-state index is 7.79. The van der Waals surface area contributed by atoms with E-state index >= 15 is 0 Å². The zero-order valence-corrected chi connectivity index (χ0v) is 8.04. The molecule has 1 atom stereocenters. The number of hydrogen-bond donors (Lipinski definition) is 2. The highest BCUT2D eigenvalue weighted by Crippen LogP contribution is 2.10. The molecular weight excluding hydrogens is 174 g/mol. The molecule has 0 radical (unpaired) electrons. The second-order valence-corrected chi connectivity index (χ2v) is 3.00. The molecule has 0 bridgehead atoms. The van der Waals surface area contributed by atoms with Crippen LogP contribution in [0.25, 0.3) is 11.0 Å². The molecule has 0 amide bonds. The minimum Gasteiger partial charge on any atom is -0.342 e. The first-order valence-corrected chi connectivity index (χ1v) is 4.58. The fourth-order valence-electron chi connectivity index (χ4n) is 1.35. The Kier molecular flexibility index (Phi) is 1.88. The minimum absolute atomic E-state index is 0.252. The van der Waals surface area contributed by atoms with Crippen LogP contribution in [0.5, 0.6) is 0 Å². The summed E-state index contributed by atoms with van der Waals surface area (Å²) in [6.07, 6.45) is -0.643.